The van der Waals surface area contributed by atoms with Gasteiger partial charge in [-0.2, -0.15) is 0 Å². The molecule has 5 nitrogen and oxygen atoms in total. The second-order valence-corrected chi connectivity index (χ2v) is 5.33. The van der Waals surface area contributed by atoms with Crippen LogP contribution >= 0.6 is 0 Å². The third kappa shape index (κ3) is 2.67. The Labute approximate surface area is 118 Å². The number of carbonyl (C=O) groups excluding carboxylic acids is 2. The van der Waals surface area contributed by atoms with Crippen LogP contribution in [-0.2, 0) is 9.59 Å². The molecule has 1 aromatic carbocycles. The second kappa shape index (κ2) is 5.63. The highest BCUT2D eigenvalue weighted by atomic mass is 16.2. The summed E-state index contributed by atoms with van der Waals surface area (Å²) < 4.78 is 0. The van der Waals surface area contributed by atoms with Gasteiger partial charge in [0.05, 0.1) is 5.92 Å². The summed E-state index contributed by atoms with van der Waals surface area (Å²) in [4.78, 5) is 25.3. The van der Waals surface area contributed by atoms with E-state index in [1.165, 1.54) is 5.69 Å². The van der Waals surface area contributed by atoms with Gasteiger partial charge in [-0.25, -0.2) is 0 Å². The number of amides is 2. The van der Waals surface area contributed by atoms with Gasteiger partial charge in [-0.05, 0) is 24.1 Å². The fourth-order valence-corrected chi connectivity index (χ4v) is 2.85. The number of imide groups is 1. The van der Waals surface area contributed by atoms with E-state index >= 15 is 0 Å². The summed E-state index contributed by atoms with van der Waals surface area (Å²) >= 11 is 0. The summed E-state index contributed by atoms with van der Waals surface area (Å²) in [5.41, 5.74) is 2.19. The maximum Gasteiger partial charge on any atom is 0.234 e. The fraction of sp³-hybridized carbons (Fsp3) is 0.467. The second-order valence-electron chi connectivity index (χ2n) is 5.33. The Hall–Kier alpha value is -1.88. The largest absolute Gasteiger partial charge is 0.369 e. The Kier molecular flexibility index (Phi) is 3.69. The monoisotopic (exact) mass is 273 g/mol. The molecule has 0 aromatic heterocycles. The van der Waals surface area contributed by atoms with E-state index in [1.807, 2.05) is 12.1 Å². The molecule has 1 atom stereocenters. The molecular formula is C15H19N3O2. The molecule has 3 rings (SSSR count). The van der Waals surface area contributed by atoms with Gasteiger partial charge in [0.15, 0.2) is 0 Å². The molecule has 20 heavy (non-hydrogen) atoms. The van der Waals surface area contributed by atoms with Crippen molar-refractivity contribution < 1.29 is 9.59 Å². The van der Waals surface area contributed by atoms with Gasteiger partial charge < -0.3 is 10.2 Å². The first-order valence-electron chi connectivity index (χ1n) is 7.13. The number of piperazine rings is 1. The van der Waals surface area contributed by atoms with E-state index in [-0.39, 0.29) is 17.7 Å². The molecule has 2 fully saturated rings. The molecule has 0 saturated carbocycles. The van der Waals surface area contributed by atoms with Crippen molar-refractivity contribution in [2.24, 2.45) is 0 Å². The van der Waals surface area contributed by atoms with E-state index in [0.29, 0.717) is 12.8 Å². The van der Waals surface area contributed by atoms with Crippen LogP contribution < -0.4 is 15.5 Å². The summed E-state index contributed by atoms with van der Waals surface area (Å²) in [5.74, 6) is -0.523. The molecule has 2 N–H and O–H groups in total. The molecule has 1 aromatic rings. The van der Waals surface area contributed by atoms with Gasteiger partial charge in [0.2, 0.25) is 11.8 Å². The normalized spacial score (nSPS) is 23.6. The topological polar surface area (TPSA) is 61.4 Å². The minimum atomic E-state index is -0.190. The van der Waals surface area contributed by atoms with E-state index in [2.05, 4.69) is 27.7 Å². The molecule has 2 aliphatic rings. The van der Waals surface area contributed by atoms with E-state index in [9.17, 15) is 9.59 Å². The molecule has 0 aliphatic carbocycles. The van der Waals surface area contributed by atoms with Crippen LogP contribution in [0.25, 0.3) is 0 Å². The average molecular weight is 273 g/mol. The summed E-state index contributed by atoms with van der Waals surface area (Å²) in [7, 11) is 0. The summed E-state index contributed by atoms with van der Waals surface area (Å²) in [6.07, 6.45) is 1.04. The highest BCUT2D eigenvalue weighted by Crippen LogP contribution is 2.26. The third-order valence-corrected chi connectivity index (χ3v) is 4.02. The van der Waals surface area contributed by atoms with Crippen LogP contribution in [0.3, 0.4) is 0 Å². The van der Waals surface area contributed by atoms with Crippen molar-refractivity contribution in [2.75, 3.05) is 31.1 Å². The molecular weight excluding hydrogens is 254 g/mol. The van der Waals surface area contributed by atoms with Crippen LogP contribution in [0.15, 0.2) is 24.3 Å². The maximum absolute atomic E-state index is 11.8. The van der Waals surface area contributed by atoms with Crippen LogP contribution in [0.1, 0.15) is 24.3 Å². The predicted molar refractivity (Wildman–Crippen MR) is 76.6 cm³/mol. The van der Waals surface area contributed by atoms with Crippen LogP contribution in [0.2, 0.25) is 0 Å². The lowest BCUT2D eigenvalue weighted by atomic mass is 9.90. The zero-order valence-corrected chi connectivity index (χ0v) is 11.4. The van der Waals surface area contributed by atoms with Crippen molar-refractivity contribution in [1.29, 1.82) is 0 Å². The number of hydrogen-bond acceptors (Lipinski definition) is 4. The first-order chi connectivity index (χ1) is 9.74. The number of piperidine rings is 1. The number of nitrogens with one attached hydrogen (secondary N) is 2. The number of carbonyl (C=O) groups is 2. The number of benzene rings is 1. The molecule has 2 aliphatic heterocycles. The summed E-state index contributed by atoms with van der Waals surface area (Å²) in [6, 6.07) is 8.17. The van der Waals surface area contributed by atoms with Crippen molar-refractivity contribution in [3.63, 3.8) is 0 Å². The highest BCUT2D eigenvalue weighted by molar-refractivity contribution is 6.00. The van der Waals surface area contributed by atoms with Gasteiger partial charge >= 0.3 is 0 Å². The Balaban J connectivity index is 1.72. The van der Waals surface area contributed by atoms with Crippen molar-refractivity contribution in [3.8, 4) is 0 Å². The predicted octanol–water partition coefficient (Wildman–Crippen LogP) is 0.616. The zero-order valence-electron chi connectivity index (χ0n) is 11.4. The zero-order chi connectivity index (χ0) is 13.9. The molecule has 5 heteroatoms. The van der Waals surface area contributed by atoms with E-state index in [4.69, 9.17) is 0 Å². The minimum absolute atomic E-state index is 0.163. The Morgan fingerprint density at radius 2 is 1.75 bits per heavy atom. The summed E-state index contributed by atoms with van der Waals surface area (Å²) in [5, 5.41) is 5.74. The van der Waals surface area contributed by atoms with Crippen LogP contribution in [0.5, 0.6) is 0 Å². The van der Waals surface area contributed by atoms with Gasteiger partial charge in [-0.1, -0.05) is 12.1 Å². The van der Waals surface area contributed by atoms with Crippen LogP contribution in [0.4, 0.5) is 5.69 Å². The Bertz CT molecular complexity index is 506. The molecule has 106 valence electrons. The number of hydrogen-bond donors (Lipinski definition) is 2. The van der Waals surface area contributed by atoms with Crippen molar-refractivity contribution in [3.05, 3.63) is 29.8 Å². The SMILES string of the molecule is O=C1CC[C@H](c2ccc(N3CCNCC3)cc2)C(=O)N1. The third-order valence-electron chi connectivity index (χ3n) is 4.02. The number of rotatable bonds is 2. The van der Waals surface area contributed by atoms with Crippen molar-refractivity contribution in [2.45, 2.75) is 18.8 Å². The molecule has 0 radical (unpaired) electrons. The van der Waals surface area contributed by atoms with Gasteiger partial charge in [-0.15, -0.1) is 0 Å². The smallest absolute Gasteiger partial charge is 0.234 e. The minimum Gasteiger partial charge on any atom is -0.369 e. The molecule has 2 amide bonds. The number of nitrogens with zero attached hydrogens (tertiary/aromatic N) is 1. The lowest BCUT2D eigenvalue weighted by Gasteiger charge is -2.30. The van der Waals surface area contributed by atoms with Crippen LogP contribution in [-0.4, -0.2) is 38.0 Å². The fourth-order valence-electron chi connectivity index (χ4n) is 2.85. The highest BCUT2D eigenvalue weighted by Gasteiger charge is 2.27. The Morgan fingerprint density at radius 3 is 2.40 bits per heavy atom. The number of anilines is 1. The first kappa shape index (κ1) is 13.1. The van der Waals surface area contributed by atoms with E-state index < -0.39 is 0 Å². The van der Waals surface area contributed by atoms with E-state index in [0.717, 1.165) is 31.7 Å². The standard InChI is InChI=1S/C15H19N3O2/c19-14-6-5-13(15(20)17-14)11-1-3-12(4-2-11)18-9-7-16-8-10-18/h1-4,13,16H,5-10H2,(H,17,19,20)/t13-/m1/s1. The molecule has 0 bridgehead atoms. The molecule has 2 heterocycles. The quantitative estimate of drug-likeness (QED) is 0.775. The van der Waals surface area contributed by atoms with Gasteiger partial charge in [0.25, 0.3) is 0 Å². The summed E-state index contributed by atoms with van der Waals surface area (Å²) in [6.45, 7) is 4.04. The first-order valence-corrected chi connectivity index (χ1v) is 7.13. The maximum atomic E-state index is 11.8. The lowest BCUT2D eigenvalue weighted by molar-refractivity contribution is -0.134. The van der Waals surface area contributed by atoms with Gasteiger partial charge in [0, 0.05) is 38.3 Å². The van der Waals surface area contributed by atoms with Crippen molar-refractivity contribution >= 4 is 17.5 Å². The molecule has 2 saturated heterocycles. The average Bonchev–Trinajstić information content (AvgIpc) is 2.48. The van der Waals surface area contributed by atoms with Crippen LogP contribution in [0, 0.1) is 0 Å². The molecule has 0 unspecified atom stereocenters. The molecule has 0 spiro atoms. The van der Waals surface area contributed by atoms with Gasteiger partial charge in [0.1, 0.15) is 0 Å². The van der Waals surface area contributed by atoms with Gasteiger partial charge in [-0.3, -0.25) is 14.9 Å². The lowest BCUT2D eigenvalue weighted by Crippen LogP contribution is -2.43. The van der Waals surface area contributed by atoms with Crippen molar-refractivity contribution in [1.82, 2.24) is 10.6 Å². The van der Waals surface area contributed by atoms with E-state index in [1.54, 1.807) is 0 Å². The Morgan fingerprint density at radius 1 is 1.05 bits per heavy atom.